The fraction of sp³-hybridized carbons (Fsp3) is 0.652. The number of anilines is 1. The number of benzene rings is 1. The summed E-state index contributed by atoms with van der Waals surface area (Å²) in [6, 6.07) is 6.00. The average molecular weight is 482 g/mol. The quantitative estimate of drug-likeness (QED) is 0.599. The molecule has 2 saturated heterocycles. The SMILES string of the molecule is CC(=O)NC1CCN(SN(C)c2ccc3c(c2)nc(C(C)(F)F)n3CC2CCOCC2)CC1. The zero-order valence-corrected chi connectivity index (χ0v) is 20.3. The number of hydrogen-bond donors (Lipinski definition) is 1. The summed E-state index contributed by atoms with van der Waals surface area (Å²) < 4.78 is 40.3. The lowest BCUT2D eigenvalue weighted by atomic mass is 10.00. The van der Waals surface area contributed by atoms with Crippen molar-refractivity contribution < 1.29 is 18.3 Å². The largest absolute Gasteiger partial charge is 0.381 e. The van der Waals surface area contributed by atoms with Gasteiger partial charge >= 0.3 is 5.92 Å². The number of carbonyl (C=O) groups excluding carboxylic acids is 1. The van der Waals surface area contributed by atoms with Crippen LogP contribution in [0, 0.1) is 5.92 Å². The molecule has 2 fully saturated rings. The molecule has 0 unspecified atom stereocenters. The van der Waals surface area contributed by atoms with Crippen molar-refractivity contribution in [1.82, 2.24) is 19.2 Å². The summed E-state index contributed by atoms with van der Waals surface area (Å²) >= 11 is 1.61. The zero-order chi connectivity index (χ0) is 23.6. The molecule has 0 aliphatic carbocycles. The molecule has 1 N–H and O–H groups in total. The Balaban J connectivity index is 1.48. The van der Waals surface area contributed by atoms with Crippen LogP contribution in [-0.2, 0) is 22.0 Å². The molecule has 3 heterocycles. The lowest BCUT2D eigenvalue weighted by Crippen LogP contribution is -2.42. The van der Waals surface area contributed by atoms with Gasteiger partial charge in [-0.2, -0.15) is 8.78 Å². The predicted molar refractivity (Wildman–Crippen MR) is 127 cm³/mol. The number of piperidine rings is 1. The maximum Gasteiger partial charge on any atom is 0.302 e. The first-order valence-corrected chi connectivity index (χ1v) is 12.3. The zero-order valence-electron chi connectivity index (χ0n) is 19.5. The van der Waals surface area contributed by atoms with Gasteiger partial charge in [-0.1, -0.05) is 0 Å². The molecule has 182 valence electrons. The summed E-state index contributed by atoms with van der Waals surface area (Å²) in [7, 11) is 1.97. The van der Waals surface area contributed by atoms with Crippen LogP contribution in [0.15, 0.2) is 18.2 Å². The maximum absolute atomic E-state index is 14.4. The number of aromatic nitrogens is 2. The number of ether oxygens (including phenoxy) is 1. The molecule has 2 aliphatic rings. The topological polar surface area (TPSA) is 62.6 Å². The number of amides is 1. The predicted octanol–water partition coefficient (Wildman–Crippen LogP) is 4.17. The number of halogens is 2. The number of fused-ring (bicyclic) bond motifs is 1. The highest BCUT2D eigenvalue weighted by atomic mass is 32.2. The van der Waals surface area contributed by atoms with Crippen LogP contribution in [0.2, 0.25) is 0 Å². The van der Waals surface area contributed by atoms with Crippen molar-refractivity contribution in [1.29, 1.82) is 0 Å². The fourth-order valence-electron chi connectivity index (χ4n) is 4.61. The molecule has 33 heavy (non-hydrogen) atoms. The van der Waals surface area contributed by atoms with Gasteiger partial charge in [0.15, 0.2) is 5.82 Å². The Kier molecular flexibility index (Phi) is 7.45. The first kappa shape index (κ1) is 24.2. The number of hydrogen-bond acceptors (Lipinski definition) is 6. The highest BCUT2D eigenvalue weighted by molar-refractivity contribution is 7.98. The average Bonchev–Trinajstić information content (AvgIpc) is 3.13. The highest BCUT2D eigenvalue weighted by Gasteiger charge is 2.33. The van der Waals surface area contributed by atoms with Crippen molar-refractivity contribution in [2.45, 2.75) is 58.0 Å². The van der Waals surface area contributed by atoms with E-state index < -0.39 is 5.92 Å². The molecule has 2 aromatic rings. The second-order valence-corrected chi connectivity index (χ2v) is 10.4. The van der Waals surface area contributed by atoms with Crippen molar-refractivity contribution >= 4 is 34.8 Å². The van der Waals surface area contributed by atoms with E-state index in [9.17, 15) is 13.6 Å². The number of alkyl halides is 2. The Morgan fingerprint density at radius 3 is 2.61 bits per heavy atom. The van der Waals surface area contributed by atoms with Crippen molar-refractivity contribution in [3.8, 4) is 0 Å². The van der Waals surface area contributed by atoms with E-state index >= 15 is 0 Å². The van der Waals surface area contributed by atoms with Crippen LogP contribution in [-0.4, -0.2) is 59.2 Å². The van der Waals surface area contributed by atoms with Gasteiger partial charge in [-0.15, -0.1) is 0 Å². The molecule has 7 nitrogen and oxygen atoms in total. The number of nitrogens with one attached hydrogen (secondary N) is 1. The van der Waals surface area contributed by atoms with Gasteiger partial charge in [-0.25, -0.2) is 9.29 Å². The second-order valence-electron chi connectivity index (χ2n) is 9.15. The lowest BCUT2D eigenvalue weighted by molar-refractivity contribution is -0.119. The summed E-state index contributed by atoms with van der Waals surface area (Å²) in [6.07, 6.45) is 3.57. The standard InChI is InChI=1S/C23H33F2N5O2S/c1-16(31)26-18-6-10-29(11-7-18)33-28(3)19-4-5-21-20(14-19)27-22(23(2,24)25)30(21)15-17-8-12-32-13-9-17/h4-5,14,17-18H,6-13,15H2,1-3H3,(H,26,31). The fourth-order valence-corrected chi connectivity index (χ4v) is 5.54. The Morgan fingerprint density at radius 1 is 1.27 bits per heavy atom. The van der Waals surface area contributed by atoms with E-state index in [0.29, 0.717) is 31.2 Å². The Bertz CT molecular complexity index is 966. The molecule has 0 bridgehead atoms. The molecule has 0 saturated carbocycles. The van der Waals surface area contributed by atoms with Crippen LogP contribution in [0.4, 0.5) is 14.5 Å². The van der Waals surface area contributed by atoms with E-state index in [0.717, 1.165) is 56.9 Å². The normalized spacial score (nSPS) is 19.2. The molecule has 4 rings (SSSR count). The van der Waals surface area contributed by atoms with Gasteiger partial charge in [0.2, 0.25) is 5.91 Å². The van der Waals surface area contributed by atoms with E-state index in [4.69, 9.17) is 4.74 Å². The van der Waals surface area contributed by atoms with Crippen LogP contribution in [0.5, 0.6) is 0 Å². The lowest BCUT2D eigenvalue weighted by Gasteiger charge is -2.33. The summed E-state index contributed by atoms with van der Waals surface area (Å²) in [6.45, 7) is 6.11. The first-order valence-electron chi connectivity index (χ1n) is 11.6. The molecule has 2 aliphatic heterocycles. The van der Waals surface area contributed by atoms with Crippen LogP contribution in [0.1, 0.15) is 45.4 Å². The van der Waals surface area contributed by atoms with E-state index in [1.807, 2.05) is 29.6 Å². The molecule has 1 aromatic heterocycles. The molecule has 0 radical (unpaired) electrons. The monoisotopic (exact) mass is 481 g/mol. The third-order valence-corrected chi connectivity index (χ3v) is 7.42. The van der Waals surface area contributed by atoms with Gasteiger partial charge in [0.05, 0.1) is 16.7 Å². The van der Waals surface area contributed by atoms with Crippen molar-refractivity contribution in [3.63, 3.8) is 0 Å². The van der Waals surface area contributed by atoms with Crippen LogP contribution < -0.4 is 9.62 Å². The van der Waals surface area contributed by atoms with Crippen LogP contribution >= 0.6 is 12.1 Å². The number of imidazole rings is 1. The second kappa shape index (κ2) is 10.1. The van der Waals surface area contributed by atoms with E-state index in [2.05, 4.69) is 14.6 Å². The van der Waals surface area contributed by atoms with Crippen LogP contribution in [0.3, 0.4) is 0 Å². The summed E-state index contributed by atoms with van der Waals surface area (Å²) in [4.78, 5) is 15.6. The van der Waals surface area contributed by atoms with Crippen molar-refractivity contribution in [2.24, 2.45) is 5.92 Å². The maximum atomic E-state index is 14.4. The summed E-state index contributed by atoms with van der Waals surface area (Å²) in [5.41, 5.74) is 2.25. The van der Waals surface area contributed by atoms with Gasteiger partial charge in [0, 0.05) is 71.9 Å². The minimum absolute atomic E-state index is 0.0137. The van der Waals surface area contributed by atoms with Gasteiger partial charge in [-0.05, 0) is 49.8 Å². The summed E-state index contributed by atoms with van der Waals surface area (Å²) in [5.74, 6) is -2.85. The van der Waals surface area contributed by atoms with Gasteiger partial charge in [-0.3, -0.25) is 4.79 Å². The molecule has 0 atom stereocenters. The van der Waals surface area contributed by atoms with Crippen LogP contribution in [0.25, 0.3) is 11.0 Å². The molecule has 1 amide bonds. The first-order chi connectivity index (χ1) is 15.7. The van der Waals surface area contributed by atoms with Crippen molar-refractivity contribution in [3.05, 3.63) is 24.0 Å². The van der Waals surface area contributed by atoms with E-state index in [1.54, 1.807) is 23.6 Å². The van der Waals surface area contributed by atoms with E-state index in [-0.39, 0.29) is 17.8 Å². The van der Waals surface area contributed by atoms with Crippen molar-refractivity contribution in [2.75, 3.05) is 37.7 Å². The number of nitrogens with zero attached hydrogens (tertiary/aromatic N) is 4. The summed E-state index contributed by atoms with van der Waals surface area (Å²) in [5, 5.41) is 2.99. The Hall–Kier alpha value is -1.91. The highest BCUT2D eigenvalue weighted by Crippen LogP contribution is 2.34. The third-order valence-electron chi connectivity index (χ3n) is 6.37. The molecular weight excluding hydrogens is 448 g/mol. The minimum atomic E-state index is -3.01. The number of carbonyl (C=O) groups is 1. The molecule has 1 aromatic carbocycles. The van der Waals surface area contributed by atoms with Gasteiger partial charge < -0.3 is 18.9 Å². The minimum Gasteiger partial charge on any atom is -0.381 e. The molecule has 0 spiro atoms. The van der Waals surface area contributed by atoms with Gasteiger partial charge in [0.25, 0.3) is 0 Å². The smallest absolute Gasteiger partial charge is 0.302 e. The number of rotatable bonds is 7. The third kappa shape index (κ3) is 5.96. The Morgan fingerprint density at radius 2 is 1.97 bits per heavy atom. The molecular formula is C23H33F2N5O2S. The molecule has 10 heteroatoms. The van der Waals surface area contributed by atoms with Gasteiger partial charge in [0.1, 0.15) is 0 Å². The van der Waals surface area contributed by atoms with E-state index in [1.165, 1.54) is 0 Å². The Labute approximate surface area is 198 Å².